The smallest absolute Gasteiger partial charge is 0.0282 e. The molecule has 1 atom stereocenters. The number of allylic oxidation sites excluding steroid dienone is 4. The summed E-state index contributed by atoms with van der Waals surface area (Å²) in [6.07, 6.45) is 7.17. The van der Waals surface area contributed by atoms with Gasteiger partial charge in [0.2, 0.25) is 0 Å². The maximum Gasteiger partial charge on any atom is 0.0282 e. The normalized spacial score (nSPS) is 15.0. The van der Waals surface area contributed by atoms with E-state index >= 15 is 0 Å². The van der Waals surface area contributed by atoms with Gasteiger partial charge >= 0.3 is 0 Å². The summed E-state index contributed by atoms with van der Waals surface area (Å²) in [5.41, 5.74) is 2.79. The minimum absolute atomic E-state index is 0.501. The van der Waals surface area contributed by atoms with E-state index in [-0.39, 0.29) is 0 Å². The molecule has 0 saturated carbocycles. The van der Waals surface area contributed by atoms with Crippen LogP contribution in [0.2, 0.25) is 0 Å². The van der Waals surface area contributed by atoms with Gasteiger partial charge in [-0.15, -0.1) is 0 Å². The standard InChI is InChI=1S/C16H30N2/c1-7-9-11-14(3)15(4)16(5)18(8-2)13-10-12-17-6/h7,9,11,16-17H,1,8,10,12-13H2,2-6H3/b11-9-,15-14+. The van der Waals surface area contributed by atoms with Gasteiger partial charge in [-0.2, -0.15) is 0 Å². The lowest BCUT2D eigenvalue weighted by Crippen LogP contribution is -2.36. The van der Waals surface area contributed by atoms with Crippen LogP contribution in [0.15, 0.2) is 36.0 Å². The molecule has 0 aromatic carbocycles. The molecular weight excluding hydrogens is 220 g/mol. The van der Waals surface area contributed by atoms with E-state index in [0.717, 1.165) is 19.6 Å². The number of rotatable bonds is 9. The van der Waals surface area contributed by atoms with Crippen molar-refractivity contribution in [3.05, 3.63) is 36.0 Å². The van der Waals surface area contributed by atoms with E-state index in [4.69, 9.17) is 0 Å². The van der Waals surface area contributed by atoms with Crippen molar-refractivity contribution in [2.75, 3.05) is 26.7 Å². The van der Waals surface area contributed by atoms with Crippen molar-refractivity contribution in [3.8, 4) is 0 Å². The van der Waals surface area contributed by atoms with Gasteiger partial charge in [0.15, 0.2) is 0 Å². The molecule has 0 amide bonds. The molecule has 0 heterocycles. The zero-order chi connectivity index (χ0) is 14.0. The fourth-order valence-corrected chi connectivity index (χ4v) is 2.03. The lowest BCUT2D eigenvalue weighted by molar-refractivity contribution is 0.241. The molecule has 1 unspecified atom stereocenters. The van der Waals surface area contributed by atoms with Crippen LogP contribution in [0.5, 0.6) is 0 Å². The van der Waals surface area contributed by atoms with E-state index in [1.807, 2.05) is 19.2 Å². The highest BCUT2D eigenvalue weighted by Gasteiger charge is 2.14. The number of hydrogen-bond donors (Lipinski definition) is 1. The number of hydrogen-bond acceptors (Lipinski definition) is 2. The summed E-state index contributed by atoms with van der Waals surface area (Å²) >= 11 is 0. The minimum Gasteiger partial charge on any atom is -0.320 e. The first-order valence-corrected chi connectivity index (χ1v) is 6.93. The molecule has 0 fully saturated rings. The Labute approximate surface area is 113 Å². The second-order valence-electron chi connectivity index (χ2n) is 4.72. The van der Waals surface area contributed by atoms with Gasteiger partial charge in [-0.25, -0.2) is 0 Å². The quantitative estimate of drug-likeness (QED) is 0.498. The molecule has 0 aliphatic heterocycles. The number of nitrogens with zero attached hydrogens (tertiary/aromatic N) is 1. The largest absolute Gasteiger partial charge is 0.320 e. The summed E-state index contributed by atoms with van der Waals surface area (Å²) < 4.78 is 0. The summed E-state index contributed by atoms with van der Waals surface area (Å²) in [4.78, 5) is 2.53. The molecule has 0 aromatic rings. The SMILES string of the molecule is C=C/C=C\C(C)=C(/C)C(C)N(CC)CCCNC. The van der Waals surface area contributed by atoms with Crippen molar-refractivity contribution in [2.24, 2.45) is 0 Å². The van der Waals surface area contributed by atoms with Crippen molar-refractivity contribution < 1.29 is 0 Å². The van der Waals surface area contributed by atoms with E-state index in [1.165, 1.54) is 17.6 Å². The summed E-state index contributed by atoms with van der Waals surface area (Å²) in [5, 5.41) is 3.21. The fourth-order valence-electron chi connectivity index (χ4n) is 2.03. The van der Waals surface area contributed by atoms with Crippen LogP contribution in [0.25, 0.3) is 0 Å². The number of likely N-dealkylation sites (N-methyl/N-ethyl adjacent to an activating group) is 1. The van der Waals surface area contributed by atoms with E-state index in [2.05, 4.69) is 50.6 Å². The minimum atomic E-state index is 0.501. The van der Waals surface area contributed by atoms with Crippen LogP contribution in [-0.2, 0) is 0 Å². The highest BCUT2D eigenvalue weighted by Crippen LogP contribution is 2.15. The van der Waals surface area contributed by atoms with Crippen LogP contribution < -0.4 is 5.32 Å². The Kier molecular flexibility index (Phi) is 9.62. The van der Waals surface area contributed by atoms with Crippen LogP contribution in [0, 0.1) is 0 Å². The number of nitrogens with one attached hydrogen (secondary N) is 1. The first kappa shape index (κ1) is 17.1. The Morgan fingerprint density at radius 1 is 1.39 bits per heavy atom. The van der Waals surface area contributed by atoms with Crippen LogP contribution in [-0.4, -0.2) is 37.6 Å². The molecule has 0 rings (SSSR count). The molecule has 104 valence electrons. The zero-order valence-corrected chi connectivity index (χ0v) is 12.8. The summed E-state index contributed by atoms with van der Waals surface area (Å²) in [5.74, 6) is 0. The highest BCUT2D eigenvalue weighted by atomic mass is 15.1. The molecule has 0 aromatic heterocycles. The lowest BCUT2D eigenvalue weighted by Gasteiger charge is -2.29. The summed E-state index contributed by atoms with van der Waals surface area (Å²) in [6.45, 7) is 16.0. The second-order valence-corrected chi connectivity index (χ2v) is 4.72. The molecule has 0 radical (unpaired) electrons. The molecule has 0 saturated heterocycles. The van der Waals surface area contributed by atoms with E-state index in [9.17, 15) is 0 Å². The van der Waals surface area contributed by atoms with E-state index < -0.39 is 0 Å². The van der Waals surface area contributed by atoms with Crippen molar-refractivity contribution >= 4 is 0 Å². The average Bonchev–Trinajstić information content (AvgIpc) is 2.39. The Morgan fingerprint density at radius 3 is 2.56 bits per heavy atom. The Balaban J connectivity index is 4.60. The summed E-state index contributed by atoms with van der Waals surface area (Å²) in [6, 6.07) is 0.501. The molecule has 18 heavy (non-hydrogen) atoms. The van der Waals surface area contributed by atoms with Gasteiger partial charge in [-0.05, 0) is 53.9 Å². The maximum absolute atomic E-state index is 3.71. The van der Waals surface area contributed by atoms with Crippen molar-refractivity contribution in [1.29, 1.82) is 0 Å². The molecular formula is C16H30N2. The molecule has 0 aliphatic rings. The third-order valence-electron chi connectivity index (χ3n) is 3.56. The Hall–Kier alpha value is -0.860. The monoisotopic (exact) mass is 250 g/mol. The van der Waals surface area contributed by atoms with Gasteiger partial charge in [-0.3, -0.25) is 4.90 Å². The molecule has 2 nitrogen and oxygen atoms in total. The third kappa shape index (κ3) is 6.18. The van der Waals surface area contributed by atoms with Gasteiger partial charge in [0.05, 0.1) is 0 Å². The first-order valence-electron chi connectivity index (χ1n) is 6.93. The molecule has 0 spiro atoms. The van der Waals surface area contributed by atoms with Crippen molar-refractivity contribution in [3.63, 3.8) is 0 Å². The molecule has 0 aliphatic carbocycles. The molecule has 1 N–H and O–H groups in total. The Morgan fingerprint density at radius 2 is 2.06 bits per heavy atom. The van der Waals surface area contributed by atoms with Gasteiger partial charge in [0.25, 0.3) is 0 Å². The summed E-state index contributed by atoms with van der Waals surface area (Å²) in [7, 11) is 2.01. The van der Waals surface area contributed by atoms with Gasteiger partial charge in [-0.1, -0.05) is 42.9 Å². The zero-order valence-electron chi connectivity index (χ0n) is 12.8. The van der Waals surface area contributed by atoms with Crippen LogP contribution in [0.1, 0.15) is 34.1 Å². The predicted molar refractivity (Wildman–Crippen MR) is 83.0 cm³/mol. The topological polar surface area (TPSA) is 15.3 Å². The Bertz CT molecular complexity index is 289. The maximum atomic E-state index is 3.71. The van der Waals surface area contributed by atoms with Crippen LogP contribution >= 0.6 is 0 Å². The molecule has 0 bridgehead atoms. The highest BCUT2D eigenvalue weighted by molar-refractivity contribution is 5.27. The first-order chi connectivity index (χ1) is 8.58. The van der Waals surface area contributed by atoms with Gasteiger partial charge in [0.1, 0.15) is 0 Å². The van der Waals surface area contributed by atoms with Gasteiger partial charge in [0, 0.05) is 6.04 Å². The second kappa shape index (κ2) is 10.1. The lowest BCUT2D eigenvalue weighted by atomic mass is 10.0. The third-order valence-corrected chi connectivity index (χ3v) is 3.56. The van der Waals surface area contributed by atoms with Crippen LogP contribution in [0.3, 0.4) is 0 Å². The van der Waals surface area contributed by atoms with Gasteiger partial charge < -0.3 is 5.32 Å². The van der Waals surface area contributed by atoms with Crippen molar-refractivity contribution in [2.45, 2.75) is 40.2 Å². The van der Waals surface area contributed by atoms with Crippen LogP contribution in [0.4, 0.5) is 0 Å². The van der Waals surface area contributed by atoms with E-state index in [1.54, 1.807) is 0 Å². The molecule has 2 heteroatoms. The van der Waals surface area contributed by atoms with Crippen molar-refractivity contribution in [1.82, 2.24) is 10.2 Å². The van der Waals surface area contributed by atoms with E-state index in [0.29, 0.717) is 6.04 Å². The predicted octanol–water partition coefficient (Wildman–Crippen LogP) is 3.38. The average molecular weight is 250 g/mol. The fraction of sp³-hybridized carbons (Fsp3) is 0.625.